The Bertz CT molecular complexity index is 641. The minimum atomic E-state index is -0.0680. The Morgan fingerprint density at radius 1 is 1.31 bits per heavy atom. The van der Waals surface area contributed by atoms with Crippen molar-refractivity contribution in [2.24, 2.45) is 5.92 Å². The second-order valence-corrected chi connectivity index (χ2v) is 7.13. The number of amides is 2. The minimum absolute atomic E-state index is 0.0178. The lowest BCUT2D eigenvalue weighted by Crippen LogP contribution is -2.35. The summed E-state index contributed by atoms with van der Waals surface area (Å²) < 4.78 is 10.7. The molecule has 3 rings (SSSR count). The highest BCUT2D eigenvalue weighted by Gasteiger charge is 2.22. The third kappa shape index (κ3) is 4.75. The van der Waals surface area contributed by atoms with Crippen molar-refractivity contribution < 1.29 is 19.1 Å². The molecule has 1 saturated carbocycles. The van der Waals surface area contributed by atoms with E-state index in [4.69, 9.17) is 9.47 Å². The number of carbonyl (C=O) groups excluding carboxylic acids is 2. The zero-order valence-electron chi connectivity index (χ0n) is 15.5. The van der Waals surface area contributed by atoms with Crippen LogP contribution in [0.25, 0.3) is 0 Å². The van der Waals surface area contributed by atoms with Crippen LogP contribution in [0.2, 0.25) is 0 Å². The Kier molecular flexibility index (Phi) is 6.50. The van der Waals surface area contributed by atoms with E-state index in [9.17, 15) is 9.59 Å². The van der Waals surface area contributed by atoms with Crippen LogP contribution < -0.4 is 10.1 Å². The molecule has 0 radical (unpaired) electrons. The van der Waals surface area contributed by atoms with Crippen LogP contribution >= 0.6 is 0 Å². The van der Waals surface area contributed by atoms with Gasteiger partial charge >= 0.3 is 0 Å². The highest BCUT2D eigenvalue weighted by Crippen LogP contribution is 2.25. The van der Waals surface area contributed by atoms with Gasteiger partial charge in [-0.25, -0.2) is 0 Å². The predicted octanol–water partition coefficient (Wildman–Crippen LogP) is 2.36. The van der Waals surface area contributed by atoms with Crippen LogP contribution in [-0.2, 0) is 16.1 Å². The zero-order chi connectivity index (χ0) is 18.4. The number of carbonyl (C=O) groups is 2. The molecule has 1 aromatic carbocycles. The van der Waals surface area contributed by atoms with Crippen molar-refractivity contribution in [3.63, 3.8) is 0 Å². The van der Waals surface area contributed by atoms with Crippen LogP contribution in [0.15, 0.2) is 18.2 Å². The van der Waals surface area contributed by atoms with E-state index in [0.717, 1.165) is 12.1 Å². The van der Waals surface area contributed by atoms with Crippen molar-refractivity contribution >= 4 is 11.8 Å². The molecule has 1 aliphatic carbocycles. The van der Waals surface area contributed by atoms with Gasteiger partial charge in [-0.1, -0.05) is 19.3 Å². The summed E-state index contributed by atoms with van der Waals surface area (Å²) in [7, 11) is 1.61. The first-order chi connectivity index (χ1) is 12.7. The van der Waals surface area contributed by atoms with Crippen molar-refractivity contribution in [3.05, 3.63) is 29.3 Å². The van der Waals surface area contributed by atoms with Crippen molar-refractivity contribution in [1.82, 2.24) is 10.2 Å². The second kappa shape index (κ2) is 9.03. The van der Waals surface area contributed by atoms with Gasteiger partial charge < -0.3 is 19.7 Å². The van der Waals surface area contributed by atoms with E-state index in [-0.39, 0.29) is 18.4 Å². The molecule has 142 valence electrons. The molecule has 0 unspecified atom stereocenters. The molecule has 0 bridgehead atoms. The lowest BCUT2D eigenvalue weighted by Gasteiger charge is -2.22. The molecule has 6 heteroatoms. The zero-order valence-corrected chi connectivity index (χ0v) is 15.5. The van der Waals surface area contributed by atoms with Gasteiger partial charge in [-0.2, -0.15) is 0 Å². The van der Waals surface area contributed by atoms with Crippen LogP contribution in [-0.4, -0.2) is 50.1 Å². The SMILES string of the molecule is COCCN1Cc2cc(C(=O)NCC3CCCCC3)ccc2OCC1=O. The maximum atomic E-state index is 12.5. The number of nitrogens with zero attached hydrogens (tertiary/aromatic N) is 1. The van der Waals surface area contributed by atoms with E-state index in [1.165, 1.54) is 32.1 Å². The summed E-state index contributed by atoms with van der Waals surface area (Å²) in [6.07, 6.45) is 6.25. The molecular weight excluding hydrogens is 332 g/mol. The summed E-state index contributed by atoms with van der Waals surface area (Å²) in [4.78, 5) is 26.4. The second-order valence-electron chi connectivity index (χ2n) is 7.13. The first kappa shape index (κ1) is 18.7. The lowest BCUT2D eigenvalue weighted by atomic mass is 9.89. The Morgan fingerprint density at radius 3 is 2.88 bits per heavy atom. The molecule has 0 saturated heterocycles. The van der Waals surface area contributed by atoms with Gasteiger partial charge in [0.25, 0.3) is 11.8 Å². The van der Waals surface area contributed by atoms with Gasteiger partial charge in [0.05, 0.1) is 6.61 Å². The molecule has 0 aromatic heterocycles. The number of rotatable bonds is 6. The van der Waals surface area contributed by atoms with Gasteiger partial charge in [-0.05, 0) is 37.0 Å². The average Bonchev–Trinajstić information content (AvgIpc) is 2.83. The van der Waals surface area contributed by atoms with Gasteiger partial charge in [0, 0.05) is 37.9 Å². The number of benzene rings is 1. The third-order valence-corrected chi connectivity index (χ3v) is 5.23. The lowest BCUT2D eigenvalue weighted by molar-refractivity contribution is -0.133. The Balaban J connectivity index is 1.65. The summed E-state index contributed by atoms with van der Waals surface area (Å²) in [5, 5.41) is 3.07. The van der Waals surface area contributed by atoms with Crippen LogP contribution in [0.1, 0.15) is 48.0 Å². The highest BCUT2D eigenvalue weighted by molar-refractivity contribution is 5.94. The largest absolute Gasteiger partial charge is 0.483 e. The van der Waals surface area contributed by atoms with Crippen LogP contribution in [0, 0.1) is 5.92 Å². The van der Waals surface area contributed by atoms with E-state index in [2.05, 4.69) is 5.32 Å². The van der Waals surface area contributed by atoms with Crippen LogP contribution in [0.5, 0.6) is 5.75 Å². The highest BCUT2D eigenvalue weighted by atomic mass is 16.5. The molecule has 6 nitrogen and oxygen atoms in total. The van der Waals surface area contributed by atoms with Crippen molar-refractivity contribution in [2.45, 2.75) is 38.6 Å². The fourth-order valence-electron chi connectivity index (χ4n) is 3.65. The molecule has 26 heavy (non-hydrogen) atoms. The Morgan fingerprint density at radius 2 is 2.12 bits per heavy atom. The molecule has 0 atom stereocenters. The standard InChI is InChI=1S/C20H28N2O4/c1-25-10-9-22-13-17-11-16(7-8-18(17)26-14-19(22)23)20(24)21-12-15-5-3-2-4-6-15/h7-8,11,15H,2-6,9-10,12-14H2,1H3,(H,21,24). The molecular formula is C20H28N2O4. The molecule has 0 spiro atoms. The number of hydrogen-bond donors (Lipinski definition) is 1. The summed E-state index contributed by atoms with van der Waals surface area (Å²) >= 11 is 0. The average molecular weight is 360 g/mol. The molecule has 1 heterocycles. The van der Waals surface area contributed by atoms with E-state index in [0.29, 0.717) is 36.9 Å². The van der Waals surface area contributed by atoms with E-state index in [1.54, 1.807) is 24.1 Å². The maximum Gasteiger partial charge on any atom is 0.260 e. The normalized spacial score (nSPS) is 18.0. The Labute approximate surface area is 154 Å². The monoisotopic (exact) mass is 360 g/mol. The molecule has 1 aliphatic heterocycles. The fraction of sp³-hybridized carbons (Fsp3) is 0.600. The number of fused-ring (bicyclic) bond motifs is 1. The van der Waals surface area contributed by atoms with E-state index >= 15 is 0 Å². The molecule has 1 N–H and O–H groups in total. The van der Waals surface area contributed by atoms with Gasteiger partial charge in [0.15, 0.2) is 6.61 Å². The van der Waals surface area contributed by atoms with Crippen molar-refractivity contribution in [1.29, 1.82) is 0 Å². The van der Waals surface area contributed by atoms with Gasteiger partial charge in [-0.3, -0.25) is 9.59 Å². The molecule has 1 aromatic rings. The van der Waals surface area contributed by atoms with E-state index < -0.39 is 0 Å². The molecule has 2 amide bonds. The van der Waals surface area contributed by atoms with Gasteiger partial charge in [-0.15, -0.1) is 0 Å². The summed E-state index contributed by atoms with van der Waals surface area (Å²) in [6.45, 7) is 2.18. The van der Waals surface area contributed by atoms with Crippen molar-refractivity contribution in [2.75, 3.05) is 33.4 Å². The smallest absolute Gasteiger partial charge is 0.260 e. The van der Waals surface area contributed by atoms with Crippen molar-refractivity contribution in [3.8, 4) is 5.75 Å². The quantitative estimate of drug-likeness (QED) is 0.846. The summed E-state index contributed by atoms with van der Waals surface area (Å²) in [5.74, 6) is 1.14. The molecule has 1 fully saturated rings. The maximum absolute atomic E-state index is 12.5. The summed E-state index contributed by atoms with van der Waals surface area (Å²) in [6, 6.07) is 5.40. The first-order valence-electron chi connectivity index (χ1n) is 9.48. The van der Waals surface area contributed by atoms with Gasteiger partial charge in [0.2, 0.25) is 0 Å². The first-order valence-corrected chi connectivity index (χ1v) is 9.48. The minimum Gasteiger partial charge on any atom is -0.483 e. The Hall–Kier alpha value is -2.08. The fourth-order valence-corrected chi connectivity index (χ4v) is 3.65. The number of hydrogen-bond acceptors (Lipinski definition) is 4. The number of nitrogens with one attached hydrogen (secondary N) is 1. The molecule has 2 aliphatic rings. The number of methoxy groups -OCH3 is 1. The van der Waals surface area contributed by atoms with E-state index in [1.807, 2.05) is 6.07 Å². The summed E-state index contributed by atoms with van der Waals surface area (Å²) in [5.41, 5.74) is 1.47. The van der Waals surface area contributed by atoms with Gasteiger partial charge in [0.1, 0.15) is 5.75 Å². The topological polar surface area (TPSA) is 67.9 Å². The third-order valence-electron chi connectivity index (χ3n) is 5.23. The van der Waals surface area contributed by atoms with Crippen LogP contribution in [0.4, 0.5) is 0 Å². The predicted molar refractivity (Wildman–Crippen MR) is 98.1 cm³/mol. The number of ether oxygens (including phenoxy) is 2. The van der Waals surface area contributed by atoms with Crippen LogP contribution in [0.3, 0.4) is 0 Å².